The number of nitrogens with one attached hydrogen (secondary N) is 2. The number of carbonyl (C=O) groups excluding carboxylic acids is 1. The molecule has 5 rings (SSSR count). The van der Waals surface area contributed by atoms with Crippen molar-refractivity contribution in [3.05, 3.63) is 70.8 Å². The maximum atomic E-state index is 13.4. The number of amides is 1. The van der Waals surface area contributed by atoms with Gasteiger partial charge in [-0.2, -0.15) is 0 Å². The molecule has 148 valence electrons. The maximum Gasteiger partial charge on any atom is 0.227 e. The molecule has 0 radical (unpaired) electrons. The highest BCUT2D eigenvalue weighted by molar-refractivity contribution is 5.85. The monoisotopic (exact) mass is 396 g/mol. The minimum atomic E-state index is -0.206. The van der Waals surface area contributed by atoms with Gasteiger partial charge in [0.25, 0.3) is 0 Å². The van der Waals surface area contributed by atoms with E-state index in [0.717, 1.165) is 31.8 Å². The Kier molecular flexibility index (Phi) is 5.48. The van der Waals surface area contributed by atoms with Gasteiger partial charge in [-0.1, -0.05) is 55.0 Å². The van der Waals surface area contributed by atoms with Gasteiger partial charge in [-0.25, -0.2) is 0 Å². The average Bonchev–Trinajstić information content (AvgIpc) is 3.42. The second kappa shape index (κ2) is 7.88. The summed E-state index contributed by atoms with van der Waals surface area (Å²) in [5.41, 5.74) is 5.06. The molecule has 3 nitrogen and oxygen atoms in total. The van der Waals surface area contributed by atoms with Crippen LogP contribution in [-0.2, 0) is 30.8 Å². The summed E-state index contributed by atoms with van der Waals surface area (Å²) in [5.74, 6) is 1.57. The number of rotatable bonds is 5. The van der Waals surface area contributed by atoms with Gasteiger partial charge in [-0.15, -0.1) is 12.4 Å². The van der Waals surface area contributed by atoms with Gasteiger partial charge >= 0.3 is 0 Å². The quantitative estimate of drug-likeness (QED) is 0.787. The molecule has 2 aromatic rings. The van der Waals surface area contributed by atoms with Crippen molar-refractivity contribution in [1.82, 2.24) is 10.6 Å². The first-order valence-corrected chi connectivity index (χ1v) is 10.4. The molecule has 0 saturated heterocycles. The summed E-state index contributed by atoms with van der Waals surface area (Å²) in [6.45, 7) is 2.55. The number of halogens is 1. The summed E-state index contributed by atoms with van der Waals surface area (Å²) >= 11 is 0. The first-order valence-electron chi connectivity index (χ1n) is 10.4. The molecule has 2 saturated carbocycles. The molecular formula is C24H29ClN2O. The third kappa shape index (κ3) is 3.46. The van der Waals surface area contributed by atoms with Crippen LogP contribution in [-0.4, -0.2) is 5.91 Å². The van der Waals surface area contributed by atoms with Crippen molar-refractivity contribution in [2.45, 2.75) is 51.7 Å². The molecule has 1 aliphatic heterocycles. The topological polar surface area (TPSA) is 41.1 Å². The van der Waals surface area contributed by atoms with Gasteiger partial charge in [0.1, 0.15) is 0 Å². The second-order valence-corrected chi connectivity index (χ2v) is 8.79. The molecule has 2 aromatic carbocycles. The van der Waals surface area contributed by atoms with Crippen LogP contribution in [0, 0.1) is 17.3 Å². The maximum absolute atomic E-state index is 13.4. The Labute approximate surface area is 173 Å². The predicted octanol–water partition coefficient (Wildman–Crippen LogP) is 4.38. The summed E-state index contributed by atoms with van der Waals surface area (Å²) < 4.78 is 0. The summed E-state index contributed by atoms with van der Waals surface area (Å²) in [6, 6.07) is 17.2. The highest BCUT2D eigenvalue weighted by Gasteiger charge is 2.55. The molecule has 4 heteroatoms. The van der Waals surface area contributed by atoms with Crippen molar-refractivity contribution >= 4 is 18.3 Å². The van der Waals surface area contributed by atoms with Crippen LogP contribution >= 0.6 is 12.4 Å². The van der Waals surface area contributed by atoms with Crippen LogP contribution in [0.1, 0.15) is 47.9 Å². The van der Waals surface area contributed by atoms with Crippen LogP contribution in [0.15, 0.2) is 48.5 Å². The molecule has 0 aromatic heterocycles. The lowest BCUT2D eigenvalue weighted by Gasteiger charge is -2.36. The van der Waals surface area contributed by atoms with Crippen molar-refractivity contribution < 1.29 is 4.79 Å². The minimum absolute atomic E-state index is 0. The third-order valence-electron chi connectivity index (χ3n) is 7.14. The van der Waals surface area contributed by atoms with E-state index in [-0.39, 0.29) is 23.7 Å². The highest BCUT2D eigenvalue weighted by Crippen LogP contribution is 2.57. The van der Waals surface area contributed by atoms with Gasteiger partial charge in [0.05, 0.1) is 5.41 Å². The van der Waals surface area contributed by atoms with E-state index in [4.69, 9.17) is 0 Å². The molecule has 1 amide bonds. The zero-order chi connectivity index (χ0) is 18.3. The lowest BCUT2D eigenvalue weighted by atomic mass is 9.68. The van der Waals surface area contributed by atoms with E-state index >= 15 is 0 Å². The molecule has 3 atom stereocenters. The standard InChI is InChI=1S/C24H28N2O.ClH/c27-23(26-14-19-6-8-20-15-25-16-21(20)10-19)24(12-17-4-2-1-3-5-17)13-18-7-9-22(24)11-18;/h1-6,8,10,18,22,25H,7,9,11-16H2,(H,26,27);1H. The number of carbonyl (C=O) groups is 1. The lowest BCUT2D eigenvalue weighted by Crippen LogP contribution is -2.45. The fourth-order valence-electron chi connectivity index (χ4n) is 5.80. The van der Waals surface area contributed by atoms with Gasteiger partial charge in [-0.05, 0) is 59.8 Å². The summed E-state index contributed by atoms with van der Waals surface area (Å²) in [5, 5.41) is 6.71. The minimum Gasteiger partial charge on any atom is -0.352 e. The zero-order valence-corrected chi connectivity index (χ0v) is 17.1. The summed E-state index contributed by atoms with van der Waals surface area (Å²) in [6.07, 6.45) is 5.72. The van der Waals surface area contributed by atoms with E-state index < -0.39 is 0 Å². The number of hydrogen-bond acceptors (Lipinski definition) is 2. The largest absolute Gasteiger partial charge is 0.352 e. The smallest absolute Gasteiger partial charge is 0.227 e. The molecule has 2 bridgehead atoms. The summed E-state index contributed by atoms with van der Waals surface area (Å²) in [7, 11) is 0. The average molecular weight is 397 g/mol. The Balaban J connectivity index is 0.00000192. The van der Waals surface area contributed by atoms with Gasteiger partial charge in [0.15, 0.2) is 0 Å². The number of fused-ring (bicyclic) bond motifs is 3. The predicted molar refractivity (Wildman–Crippen MR) is 114 cm³/mol. The van der Waals surface area contributed by atoms with Gasteiger partial charge in [0, 0.05) is 19.6 Å². The summed E-state index contributed by atoms with van der Waals surface area (Å²) in [4.78, 5) is 13.4. The Morgan fingerprint density at radius 1 is 1.04 bits per heavy atom. The molecule has 2 aliphatic carbocycles. The van der Waals surface area contributed by atoms with Gasteiger partial charge < -0.3 is 10.6 Å². The first kappa shape index (κ1) is 19.5. The molecule has 2 N–H and O–H groups in total. The van der Waals surface area contributed by atoms with E-state index in [0.29, 0.717) is 12.5 Å². The van der Waals surface area contributed by atoms with Crippen LogP contribution in [0.4, 0.5) is 0 Å². The van der Waals surface area contributed by atoms with Crippen molar-refractivity contribution in [2.75, 3.05) is 0 Å². The third-order valence-corrected chi connectivity index (χ3v) is 7.14. The van der Waals surface area contributed by atoms with E-state index in [9.17, 15) is 4.79 Å². The Morgan fingerprint density at radius 2 is 1.86 bits per heavy atom. The van der Waals surface area contributed by atoms with E-state index in [1.807, 2.05) is 0 Å². The Hall–Kier alpha value is -1.84. The van der Waals surface area contributed by atoms with Crippen LogP contribution in [0.2, 0.25) is 0 Å². The van der Waals surface area contributed by atoms with Crippen LogP contribution in [0.25, 0.3) is 0 Å². The zero-order valence-electron chi connectivity index (χ0n) is 16.2. The van der Waals surface area contributed by atoms with Crippen molar-refractivity contribution in [1.29, 1.82) is 0 Å². The van der Waals surface area contributed by atoms with Gasteiger partial charge in [0.2, 0.25) is 5.91 Å². The molecular weight excluding hydrogens is 368 g/mol. The molecule has 2 fully saturated rings. The first-order chi connectivity index (χ1) is 13.2. The fraction of sp³-hybridized carbons (Fsp3) is 0.458. The molecule has 28 heavy (non-hydrogen) atoms. The van der Waals surface area contributed by atoms with Crippen molar-refractivity contribution in [3.8, 4) is 0 Å². The Morgan fingerprint density at radius 3 is 2.61 bits per heavy atom. The molecule has 3 aliphatic rings. The lowest BCUT2D eigenvalue weighted by molar-refractivity contribution is -0.134. The van der Waals surface area contributed by atoms with E-state index in [1.165, 1.54) is 41.5 Å². The van der Waals surface area contributed by atoms with Crippen molar-refractivity contribution in [2.24, 2.45) is 17.3 Å². The molecule has 0 spiro atoms. The van der Waals surface area contributed by atoms with Crippen LogP contribution in [0.5, 0.6) is 0 Å². The van der Waals surface area contributed by atoms with E-state index in [2.05, 4.69) is 59.2 Å². The normalized spacial score (nSPS) is 27.3. The number of hydrogen-bond donors (Lipinski definition) is 2. The van der Waals surface area contributed by atoms with Gasteiger partial charge in [-0.3, -0.25) is 4.79 Å². The molecule has 3 unspecified atom stereocenters. The molecule has 1 heterocycles. The SMILES string of the molecule is Cl.O=C(NCc1ccc2c(c1)CNC2)C1(Cc2ccccc2)CC2CCC1C2. The second-order valence-electron chi connectivity index (χ2n) is 8.79. The van der Waals surface area contributed by atoms with Crippen molar-refractivity contribution in [3.63, 3.8) is 0 Å². The van der Waals surface area contributed by atoms with E-state index in [1.54, 1.807) is 0 Å². The number of benzene rings is 2. The Bertz CT molecular complexity index is 853. The fourth-order valence-corrected chi connectivity index (χ4v) is 5.80. The van der Waals surface area contributed by atoms with Crippen LogP contribution in [0.3, 0.4) is 0 Å². The van der Waals surface area contributed by atoms with Crippen LogP contribution < -0.4 is 10.6 Å². The highest BCUT2D eigenvalue weighted by atomic mass is 35.5.